The van der Waals surface area contributed by atoms with Crippen molar-refractivity contribution in [3.8, 4) is 0 Å². The van der Waals surface area contributed by atoms with Crippen LogP contribution in [0.3, 0.4) is 0 Å². The Balaban J connectivity index is 3.39. The van der Waals surface area contributed by atoms with Crippen molar-refractivity contribution in [2.45, 2.75) is 0 Å². The molecule has 1 rings (SSSR count). The number of benzene rings is 1. The monoisotopic (exact) mass is 250 g/mol. The summed E-state index contributed by atoms with van der Waals surface area (Å²) in [5, 5.41) is 10.9. The zero-order valence-electron chi connectivity index (χ0n) is 10.4. The zero-order chi connectivity index (χ0) is 13.7. The van der Waals surface area contributed by atoms with Gasteiger partial charge in [-0.05, 0) is 18.3 Å². The van der Waals surface area contributed by atoms with Crippen LogP contribution in [-0.2, 0) is 4.74 Å². The lowest BCUT2D eigenvalue weighted by Gasteiger charge is -2.07. The molecule has 0 aliphatic carbocycles. The average molecular weight is 250 g/mol. The molecule has 0 atom stereocenters. The summed E-state index contributed by atoms with van der Waals surface area (Å²) in [5.41, 5.74) is 0.281. The van der Waals surface area contributed by atoms with Crippen LogP contribution in [0.1, 0.15) is 15.9 Å². The number of nitrogens with zero attached hydrogens (tertiary/aromatic N) is 2. The Morgan fingerprint density at radius 1 is 1.44 bits per heavy atom. The highest BCUT2D eigenvalue weighted by Gasteiger charge is 2.19. The maximum atomic E-state index is 11.6. The standard InChI is InChI=1S/C12H14N2O4/c1-13(2)8-7-9-10(12(15)18-3)5-4-6-11(9)14(16)17/h4-8H,1-3H3. The van der Waals surface area contributed by atoms with Crippen molar-refractivity contribution in [2.24, 2.45) is 0 Å². The minimum atomic E-state index is -0.600. The molecular weight excluding hydrogens is 236 g/mol. The summed E-state index contributed by atoms with van der Waals surface area (Å²) < 4.78 is 4.61. The summed E-state index contributed by atoms with van der Waals surface area (Å²) in [6, 6.07) is 4.30. The lowest BCUT2D eigenvalue weighted by atomic mass is 10.1. The highest BCUT2D eigenvalue weighted by Crippen LogP contribution is 2.24. The number of carbonyl (C=O) groups excluding carboxylic acids is 1. The van der Waals surface area contributed by atoms with E-state index in [1.165, 1.54) is 31.4 Å². The Morgan fingerprint density at radius 2 is 2.11 bits per heavy atom. The molecule has 0 aliphatic rings. The predicted molar refractivity (Wildman–Crippen MR) is 67.2 cm³/mol. The van der Waals surface area contributed by atoms with E-state index in [2.05, 4.69) is 4.74 Å². The molecule has 0 bridgehead atoms. The van der Waals surface area contributed by atoms with Crippen molar-refractivity contribution in [3.63, 3.8) is 0 Å². The van der Waals surface area contributed by atoms with Crippen molar-refractivity contribution >= 4 is 17.7 Å². The molecule has 0 aromatic heterocycles. The van der Waals surface area contributed by atoms with E-state index in [4.69, 9.17) is 0 Å². The molecule has 0 amide bonds. The molecule has 96 valence electrons. The van der Waals surface area contributed by atoms with Crippen molar-refractivity contribution in [1.82, 2.24) is 4.90 Å². The smallest absolute Gasteiger partial charge is 0.338 e. The van der Waals surface area contributed by atoms with E-state index in [0.29, 0.717) is 0 Å². The van der Waals surface area contributed by atoms with Crippen LogP contribution in [0.2, 0.25) is 0 Å². The van der Waals surface area contributed by atoms with Crippen LogP contribution in [0.5, 0.6) is 0 Å². The van der Waals surface area contributed by atoms with E-state index >= 15 is 0 Å². The number of rotatable bonds is 4. The lowest BCUT2D eigenvalue weighted by molar-refractivity contribution is -0.385. The van der Waals surface area contributed by atoms with Crippen LogP contribution >= 0.6 is 0 Å². The van der Waals surface area contributed by atoms with E-state index in [1.807, 2.05) is 0 Å². The van der Waals surface area contributed by atoms with Gasteiger partial charge in [-0.1, -0.05) is 6.07 Å². The number of carbonyl (C=O) groups is 1. The van der Waals surface area contributed by atoms with E-state index in [0.717, 1.165) is 0 Å². The van der Waals surface area contributed by atoms with Gasteiger partial charge in [0.15, 0.2) is 0 Å². The number of nitro groups is 1. The number of methoxy groups -OCH3 is 1. The highest BCUT2D eigenvalue weighted by atomic mass is 16.6. The molecule has 0 unspecified atom stereocenters. The molecule has 0 N–H and O–H groups in total. The molecule has 0 heterocycles. The predicted octanol–water partition coefficient (Wildman–Crippen LogP) is 1.91. The number of hydrogen-bond acceptors (Lipinski definition) is 5. The quantitative estimate of drug-likeness (QED) is 0.463. The fourth-order valence-corrected chi connectivity index (χ4v) is 1.40. The first kappa shape index (κ1) is 13.7. The van der Waals surface area contributed by atoms with Gasteiger partial charge in [0.25, 0.3) is 5.69 Å². The molecule has 0 saturated heterocycles. The third kappa shape index (κ3) is 3.07. The van der Waals surface area contributed by atoms with E-state index in [1.54, 1.807) is 25.2 Å². The fraction of sp³-hybridized carbons (Fsp3) is 0.250. The van der Waals surface area contributed by atoms with Crippen LogP contribution < -0.4 is 0 Å². The van der Waals surface area contributed by atoms with Gasteiger partial charge < -0.3 is 9.64 Å². The number of esters is 1. The van der Waals surface area contributed by atoms with Crippen LogP contribution in [0.25, 0.3) is 6.08 Å². The van der Waals surface area contributed by atoms with Gasteiger partial charge in [0.2, 0.25) is 0 Å². The largest absolute Gasteiger partial charge is 0.465 e. The van der Waals surface area contributed by atoms with Gasteiger partial charge in [-0.2, -0.15) is 0 Å². The van der Waals surface area contributed by atoms with Crippen molar-refractivity contribution in [3.05, 3.63) is 45.6 Å². The zero-order valence-corrected chi connectivity index (χ0v) is 10.4. The van der Waals surface area contributed by atoms with Gasteiger partial charge in [0, 0.05) is 20.2 Å². The number of ether oxygens (including phenoxy) is 1. The highest BCUT2D eigenvalue weighted by molar-refractivity contribution is 5.95. The summed E-state index contributed by atoms with van der Waals surface area (Å²) >= 11 is 0. The Morgan fingerprint density at radius 3 is 2.61 bits per heavy atom. The Kier molecular flexibility index (Phi) is 4.42. The van der Waals surface area contributed by atoms with Gasteiger partial charge in [-0.15, -0.1) is 0 Å². The molecule has 6 heteroatoms. The molecule has 1 aromatic carbocycles. The third-order valence-electron chi connectivity index (χ3n) is 2.22. The van der Waals surface area contributed by atoms with Gasteiger partial charge in [0.05, 0.1) is 23.2 Å². The Labute approximate surface area is 105 Å². The molecule has 0 spiro atoms. The van der Waals surface area contributed by atoms with E-state index in [9.17, 15) is 14.9 Å². The third-order valence-corrected chi connectivity index (χ3v) is 2.22. The maximum absolute atomic E-state index is 11.6. The Hall–Kier alpha value is -2.37. The first-order valence-corrected chi connectivity index (χ1v) is 5.17. The lowest BCUT2D eigenvalue weighted by Crippen LogP contribution is -2.07. The fourth-order valence-electron chi connectivity index (χ4n) is 1.40. The molecule has 0 fully saturated rings. The first-order chi connectivity index (χ1) is 8.47. The number of nitro benzene ring substituents is 1. The molecule has 0 radical (unpaired) electrons. The molecule has 0 aliphatic heterocycles. The minimum absolute atomic E-state index is 0.129. The van der Waals surface area contributed by atoms with Crippen LogP contribution in [-0.4, -0.2) is 37.0 Å². The second-order valence-electron chi connectivity index (χ2n) is 3.77. The second-order valence-corrected chi connectivity index (χ2v) is 3.77. The maximum Gasteiger partial charge on any atom is 0.338 e. The average Bonchev–Trinajstić information content (AvgIpc) is 2.34. The van der Waals surface area contributed by atoms with Gasteiger partial charge in [0.1, 0.15) is 0 Å². The second kappa shape index (κ2) is 5.81. The van der Waals surface area contributed by atoms with E-state index < -0.39 is 10.9 Å². The Bertz CT molecular complexity index is 495. The van der Waals surface area contributed by atoms with Crippen LogP contribution in [0, 0.1) is 10.1 Å². The molecule has 0 saturated carbocycles. The summed E-state index contributed by atoms with van der Waals surface area (Å²) in [5.74, 6) is -0.600. The topological polar surface area (TPSA) is 72.7 Å². The van der Waals surface area contributed by atoms with E-state index in [-0.39, 0.29) is 16.8 Å². The molecular formula is C12H14N2O4. The van der Waals surface area contributed by atoms with Crippen molar-refractivity contribution in [1.29, 1.82) is 0 Å². The minimum Gasteiger partial charge on any atom is -0.465 e. The van der Waals surface area contributed by atoms with Gasteiger partial charge in [-0.25, -0.2) is 4.79 Å². The molecule has 18 heavy (non-hydrogen) atoms. The summed E-state index contributed by atoms with van der Waals surface area (Å²) in [4.78, 5) is 23.7. The summed E-state index contributed by atoms with van der Waals surface area (Å²) in [6.07, 6.45) is 3.15. The van der Waals surface area contributed by atoms with Gasteiger partial charge in [-0.3, -0.25) is 10.1 Å². The van der Waals surface area contributed by atoms with Crippen LogP contribution in [0.15, 0.2) is 24.4 Å². The molecule has 1 aromatic rings. The van der Waals surface area contributed by atoms with Gasteiger partial charge >= 0.3 is 5.97 Å². The van der Waals surface area contributed by atoms with Crippen molar-refractivity contribution in [2.75, 3.05) is 21.2 Å². The first-order valence-electron chi connectivity index (χ1n) is 5.17. The summed E-state index contributed by atoms with van der Waals surface area (Å²) in [7, 11) is 4.80. The van der Waals surface area contributed by atoms with Crippen molar-refractivity contribution < 1.29 is 14.5 Å². The summed E-state index contributed by atoms with van der Waals surface area (Å²) in [6.45, 7) is 0. The van der Waals surface area contributed by atoms with Crippen LogP contribution in [0.4, 0.5) is 5.69 Å². The molecule has 6 nitrogen and oxygen atoms in total. The number of hydrogen-bond donors (Lipinski definition) is 0. The normalized spacial score (nSPS) is 10.4. The SMILES string of the molecule is COC(=O)c1cccc([N+](=O)[O-])c1C=CN(C)C.